The number of ether oxygens (including phenoxy) is 1. The van der Waals surface area contributed by atoms with Gasteiger partial charge in [-0.15, -0.1) is 13.2 Å². The number of rotatable bonds is 4. The summed E-state index contributed by atoms with van der Waals surface area (Å²) in [6.45, 7) is 0.717. The maximum atomic E-state index is 12.6. The van der Waals surface area contributed by atoms with Gasteiger partial charge in [-0.25, -0.2) is 0 Å². The van der Waals surface area contributed by atoms with Crippen molar-refractivity contribution in [3.63, 3.8) is 0 Å². The van der Waals surface area contributed by atoms with E-state index in [9.17, 15) is 18.0 Å². The number of hydrogen-bond acceptors (Lipinski definition) is 3. The molecule has 7 heteroatoms. The number of carbonyl (C=O) groups excluding carboxylic acids is 1. The Hall–Kier alpha value is -2.02. The summed E-state index contributed by atoms with van der Waals surface area (Å²) in [4.78, 5) is 14.4. The van der Waals surface area contributed by atoms with E-state index in [1.807, 2.05) is 16.3 Å². The second-order valence-electron chi connectivity index (χ2n) is 5.67. The Morgan fingerprint density at radius 1 is 1.25 bits per heavy atom. The van der Waals surface area contributed by atoms with Gasteiger partial charge in [-0.2, -0.15) is 11.3 Å². The predicted molar refractivity (Wildman–Crippen MR) is 84.8 cm³/mol. The van der Waals surface area contributed by atoms with Gasteiger partial charge in [0, 0.05) is 6.54 Å². The van der Waals surface area contributed by atoms with Crippen LogP contribution in [0, 0.1) is 0 Å². The highest BCUT2D eigenvalue weighted by Gasteiger charge is 2.31. The fraction of sp³-hybridized carbons (Fsp3) is 0.353. The van der Waals surface area contributed by atoms with Crippen LogP contribution < -0.4 is 4.74 Å². The molecule has 1 aliphatic rings. The van der Waals surface area contributed by atoms with Gasteiger partial charge >= 0.3 is 6.36 Å². The molecule has 2 aromatic rings. The number of likely N-dealkylation sites (tertiary alicyclic amines) is 1. The van der Waals surface area contributed by atoms with E-state index in [0.717, 1.165) is 18.4 Å². The minimum absolute atomic E-state index is 0.00631. The zero-order valence-electron chi connectivity index (χ0n) is 12.8. The summed E-state index contributed by atoms with van der Waals surface area (Å²) in [5.41, 5.74) is 1.82. The van der Waals surface area contributed by atoms with Crippen molar-refractivity contribution in [2.24, 2.45) is 0 Å². The van der Waals surface area contributed by atoms with E-state index >= 15 is 0 Å². The molecule has 1 atom stereocenters. The van der Waals surface area contributed by atoms with E-state index in [2.05, 4.69) is 10.1 Å². The minimum Gasteiger partial charge on any atom is -0.406 e. The van der Waals surface area contributed by atoms with E-state index in [1.54, 1.807) is 11.3 Å². The fourth-order valence-corrected chi connectivity index (χ4v) is 3.67. The van der Waals surface area contributed by atoms with E-state index in [0.29, 0.717) is 12.1 Å². The fourth-order valence-electron chi connectivity index (χ4n) is 2.96. The molecule has 1 fully saturated rings. The lowest BCUT2D eigenvalue weighted by Gasteiger charge is -2.24. The van der Waals surface area contributed by atoms with Crippen LogP contribution >= 0.6 is 11.3 Å². The van der Waals surface area contributed by atoms with Crippen LogP contribution in [-0.2, 0) is 11.2 Å². The molecule has 2 heterocycles. The van der Waals surface area contributed by atoms with Crippen molar-refractivity contribution < 1.29 is 22.7 Å². The summed E-state index contributed by atoms with van der Waals surface area (Å²) in [5, 5.41) is 4.05. The molecule has 1 aromatic carbocycles. The molecule has 3 rings (SSSR count). The summed E-state index contributed by atoms with van der Waals surface area (Å²) in [6, 6.07) is 7.59. The molecule has 0 saturated carbocycles. The Bertz CT molecular complexity index is 683. The lowest BCUT2D eigenvalue weighted by molar-refractivity contribution is -0.274. The third kappa shape index (κ3) is 4.08. The third-order valence-corrected chi connectivity index (χ3v) is 4.71. The summed E-state index contributed by atoms with van der Waals surface area (Å²) in [7, 11) is 0. The number of nitrogens with zero attached hydrogens (tertiary/aromatic N) is 1. The van der Waals surface area contributed by atoms with E-state index in [-0.39, 0.29) is 24.1 Å². The molecule has 128 valence electrons. The summed E-state index contributed by atoms with van der Waals surface area (Å²) >= 11 is 1.61. The van der Waals surface area contributed by atoms with Crippen molar-refractivity contribution >= 4 is 17.2 Å². The van der Waals surface area contributed by atoms with Crippen LogP contribution in [-0.4, -0.2) is 23.7 Å². The maximum absolute atomic E-state index is 12.6. The van der Waals surface area contributed by atoms with E-state index in [1.165, 1.54) is 24.3 Å². The highest BCUT2D eigenvalue weighted by molar-refractivity contribution is 7.07. The first-order valence-electron chi connectivity index (χ1n) is 7.58. The molecule has 1 aliphatic heterocycles. The van der Waals surface area contributed by atoms with Gasteiger partial charge in [0.15, 0.2) is 0 Å². The molecule has 1 saturated heterocycles. The Morgan fingerprint density at radius 2 is 2.00 bits per heavy atom. The van der Waals surface area contributed by atoms with Crippen molar-refractivity contribution in [3.8, 4) is 5.75 Å². The predicted octanol–water partition coefficient (Wildman–Crippen LogP) is 4.55. The largest absolute Gasteiger partial charge is 0.573 e. The molecular formula is C17H16F3NO2S. The Balaban J connectivity index is 1.64. The lowest BCUT2D eigenvalue weighted by Crippen LogP contribution is -2.31. The van der Waals surface area contributed by atoms with Gasteiger partial charge < -0.3 is 9.64 Å². The van der Waals surface area contributed by atoms with Crippen LogP contribution in [0.25, 0.3) is 0 Å². The van der Waals surface area contributed by atoms with Crippen molar-refractivity contribution in [1.82, 2.24) is 4.90 Å². The summed E-state index contributed by atoms with van der Waals surface area (Å²) < 4.78 is 40.3. The Morgan fingerprint density at radius 3 is 2.62 bits per heavy atom. The van der Waals surface area contributed by atoms with Gasteiger partial charge in [0.25, 0.3) is 0 Å². The van der Waals surface area contributed by atoms with Crippen LogP contribution in [0.5, 0.6) is 5.75 Å². The minimum atomic E-state index is -4.71. The van der Waals surface area contributed by atoms with Gasteiger partial charge in [0.05, 0.1) is 12.5 Å². The first-order chi connectivity index (χ1) is 11.4. The monoisotopic (exact) mass is 355 g/mol. The molecule has 1 amide bonds. The molecule has 1 unspecified atom stereocenters. The van der Waals surface area contributed by atoms with Crippen LogP contribution in [0.3, 0.4) is 0 Å². The van der Waals surface area contributed by atoms with Gasteiger partial charge in [-0.1, -0.05) is 12.1 Å². The first-order valence-corrected chi connectivity index (χ1v) is 8.53. The zero-order valence-corrected chi connectivity index (χ0v) is 13.6. The maximum Gasteiger partial charge on any atom is 0.573 e. The number of hydrogen-bond donors (Lipinski definition) is 0. The number of alkyl halides is 3. The molecule has 3 nitrogen and oxygen atoms in total. The van der Waals surface area contributed by atoms with Crippen molar-refractivity contribution in [2.45, 2.75) is 31.7 Å². The standard InChI is InChI=1S/C17H16F3NO2S/c18-17(19,20)23-14-5-3-12(4-6-14)10-16(22)21-8-1-2-15(21)13-7-9-24-11-13/h3-7,9,11,15H,1-2,8,10H2. The lowest BCUT2D eigenvalue weighted by atomic mass is 10.1. The topological polar surface area (TPSA) is 29.5 Å². The third-order valence-electron chi connectivity index (χ3n) is 4.01. The van der Waals surface area contributed by atoms with Crippen LogP contribution in [0.1, 0.15) is 30.0 Å². The molecule has 0 bridgehead atoms. The second-order valence-corrected chi connectivity index (χ2v) is 6.45. The van der Waals surface area contributed by atoms with E-state index in [4.69, 9.17) is 0 Å². The average molecular weight is 355 g/mol. The molecule has 1 aromatic heterocycles. The summed E-state index contributed by atoms with van der Waals surface area (Å²) in [5.74, 6) is -0.288. The number of carbonyl (C=O) groups is 1. The molecule has 0 N–H and O–H groups in total. The summed E-state index contributed by atoms with van der Waals surface area (Å²) in [6.07, 6.45) is -2.63. The van der Waals surface area contributed by atoms with Gasteiger partial charge in [-0.05, 0) is 52.9 Å². The van der Waals surface area contributed by atoms with Gasteiger partial charge in [0.2, 0.25) is 5.91 Å². The molecule has 24 heavy (non-hydrogen) atoms. The Labute approximate surface area is 141 Å². The number of benzene rings is 1. The number of halogens is 3. The quantitative estimate of drug-likeness (QED) is 0.805. The molecule has 0 spiro atoms. The van der Waals surface area contributed by atoms with E-state index < -0.39 is 6.36 Å². The number of thiophene rings is 1. The highest BCUT2D eigenvalue weighted by atomic mass is 32.1. The highest BCUT2D eigenvalue weighted by Crippen LogP contribution is 2.33. The average Bonchev–Trinajstić information content (AvgIpc) is 3.18. The van der Waals surface area contributed by atoms with Crippen LogP contribution in [0.4, 0.5) is 13.2 Å². The smallest absolute Gasteiger partial charge is 0.406 e. The molecule has 0 aliphatic carbocycles. The Kier molecular flexibility index (Phi) is 4.80. The van der Waals surface area contributed by atoms with Gasteiger partial charge in [0.1, 0.15) is 5.75 Å². The number of amides is 1. The van der Waals surface area contributed by atoms with Crippen molar-refractivity contribution in [2.75, 3.05) is 6.54 Å². The van der Waals surface area contributed by atoms with Gasteiger partial charge in [-0.3, -0.25) is 4.79 Å². The SMILES string of the molecule is O=C(Cc1ccc(OC(F)(F)F)cc1)N1CCCC1c1ccsc1. The van der Waals surface area contributed by atoms with Crippen molar-refractivity contribution in [3.05, 3.63) is 52.2 Å². The zero-order chi connectivity index (χ0) is 17.2. The van der Waals surface area contributed by atoms with Crippen molar-refractivity contribution in [1.29, 1.82) is 0 Å². The normalized spacial score (nSPS) is 18.0. The first kappa shape index (κ1) is 16.8. The van der Waals surface area contributed by atoms with Crippen LogP contribution in [0.2, 0.25) is 0 Å². The molecular weight excluding hydrogens is 339 g/mol. The second kappa shape index (κ2) is 6.84. The van der Waals surface area contributed by atoms with Crippen LogP contribution in [0.15, 0.2) is 41.1 Å². The molecule has 0 radical (unpaired) electrons.